The maximum Gasteiger partial charge on any atom is 0.107 e. The van der Waals surface area contributed by atoms with E-state index in [2.05, 4.69) is 10.0 Å². The normalized spacial score (nSPS) is 39.9. The zero-order chi connectivity index (χ0) is 9.19. The van der Waals surface area contributed by atoms with Crippen molar-refractivity contribution in [1.29, 1.82) is 0 Å². The molecule has 0 bridgehead atoms. The molecule has 1 rings (SSSR count). The van der Waals surface area contributed by atoms with Gasteiger partial charge in [0.05, 0.1) is 11.9 Å². The van der Waals surface area contributed by atoms with Gasteiger partial charge in [0.25, 0.3) is 0 Å². The quantitative estimate of drug-likeness (QED) is 0.365. The van der Waals surface area contributed by atoms with E-state index in [1.807, 2.05) is 0 Å². The second-order valence-corrected chi connectivity index (χ2v) is 3.02. The zero-order valence-corrected chi connectivity index (χ0v) is 7.01. The van der Waals surface area contributed by atoms with Gasteiger partial charge < -0.3 is 9.84 Å². The molecule has 0 radical (unpaired) electrons. The van der Waals surface area contributed by atoms with Crippen LogP contribution in [0, 0.1) is 0 Å². The van der Waals surface area contributed by atoms with Crippen molar-refractivity contribution in [3.8, 4) is 0 Å². The first-order chi connectivity index (χ1) is 5.58. The lowest BCUT2D eigenvalue weighted by Gasteiger charge is -2.34. The molecule has 0 fully saturated rings. The maximum atomic E-state index is 9.70. The van der Waals surface area contributed by atoms with Crippen LogP contribution < -0.4 is 0 Å². The molecule has 0 spiro atoms. The number of rotatable bonds is 1. The summed E-state index contributed by atoms with van der Waals surface area (Å²) in [6, 6.07) is -0.563. The van der Waals surface area contributed by atoms with Crippen LogP contribution in [-0.2, 0) is 4.74 Å². The summed E-state index contributed by atoms with van der Waals surface area (Å²) < 4.78 is 5.07. The maximum absolute atomic E-state index is 9.70. The van der Waals surface area contributed by atoms with Gasteiger partial charge in [-0.3, -0.25) is 0 Å². The van der Waals surface area contributed by atoms with Crippen molar-refractivity contribution >= 4 is 0 Å². The van der Waals surface area contributed by atoms with Gasteiger partial charge in [-0.05, 0) is 25.5 Å². The van der Waals surface area contributed by atoms with Crippen LogP contribution in [-0.4, -0.2) is 22.9 Å². The third-order valence-corrected chi connectivity index (χ3v) is 1.92. The summed E-state index contributed by atoms with van der Waals surface area (Å²) in [6.45, 7) is 3.33. The van der Waals surface area contributed by atoms with Crippen molar-refractivity contribution in [2.24, 2.45) is 5.11 Å². The Balaban J connectivity index is 2.92. The van der Waals surface area contributed by atoms with Crippen LogP contribution in [0.15, 0.2) is 17.5 Å². The van der Waals surface area contributed by atoms with E-state index in [-0.39, 0.29) is 6.10 Å². The molecule has 1 aliphatic rings. The monoisotopic (exact) mass is 169 g/mol. The van der Waals surface area contributed by atoms with Gasteiger partial charge in [-0.2, -0.15) is 0 Å². The second kappa shape index (κ2) is 3.05. The first kappa shape index (κ1) is 8.90. The topological polar surface area (TPSA) is 78.2 Å². The fraction of sp³-hybridized carbons (Fsp3) is 0.714. The molecule has 1 aliphatic heterocycles. The molecule has 0 saturated carbocycles. The van der Waals surface area contributed by atoms with Crippen molar-refractivity contribution < 1.29 is 9.84 Å². The van der Waals surface area contributed by atoms with E-state index >= 15 is 0 Å². The summed E-state index contributed by atoms with van der Waals surface area (Å²) in [7, 11) is 0. The number of azide groups is 1. The molecule has 0 amide bonds. The van der Waals surface area contributed by atoms with Gasteiger partial charge in [0.15, 0.2) is 0 Å². The third-order valence-electron chi connectivity index (χ3n) is 1.92. The lowest BCUT2D eigenvalue weighted by Crippen LogP contribution is -2.45. The first-order valence-electron chi connectivity index (χ1n) is 3.67. The molecule has 5 heteroatoms. The summed E-state index contributed by atoms with van der Waals surface area (Å²) >= 11 is 0. The minimum Gasteiger partial charge on any atom is -0.498 e. The highest BCUT2D eigenvalue weighted by Crippen LogP contribution is 2.24. The third kappa shape index (κ3) is 1.52. The zero-order valence-electron chi connectivity index (χ0n) is 7.01. The number of ether oxygens (including phenoxy) is 1. The number of hydrogen-bond acceptors (Lipinski definition) is 3. The first-order valence-corrected chi connectivity index (χ1v) is 3.67. The molecule has 12 heavy (non-hydrogen) atoms. The molecular formula is C7H11N3O2. The Bertz CT molecular complexity index is 243. The van der Waals surface area contributed by atoms with Gasteiger partial charge in [0.2, 0.25) is 0 Å². The highest BCUT2D eigenvalue weighted by atomic mass is 16.5. The minimum atomic E-state index is -1.11. The predicted octanol–water partition coefficient (Wildman–Crippen LogP) is 1.35. The predicted molar refractivity (Wildman–Crippen MR) is 43.2 cm³/mol. The summed E-state index contributed by atoms with van der Waals surface area (Å²) in [4.78, 5) is 2.66. The van der Waals surface area contributed by atoms with E-state index in [1.165, 1.54) is 12.3 Å². The molecule has 0 aromatic carbocycles. The van der Waals surface area contributed by atoms with E-state index < -0.39 is 11.6 Å². The average Bonchev–Trinajstić information content (AvgIpc) is 1.97. The van der Waals surface area contributed by atoms with Crippen LogP contribution in [0.1, 0.15) is 13.8 Å². The van der Waals surface area contributed by atoms with E-state index in [0.717, 1.165) is 0 Å². The van der Waals surface area contributed by atoms with Crippen LogP contribution in [0.2, 0.25) is 0 Å². The van der Waals surface area contributed by atoms with Gasteiger partial charge in [-0.1, -0.05) is 5.11 Å². The Morgan fingerprint density at radius 2 is 2.42 bits per heavy atom. The molecule has 0 aromatic heterocycles. The summed E-state index contributed by atoms with van der Waals surface area (Å²) in [5.41, 5.74) is 7.13. The van der Waals surface area contributed by atoms with Crippen LogP contribution in [0.25, 0.3) is 10.4 Å². The Morgan fingerprint density at radius 3 is 2.92 bits per heavy atom. The molecule has 0 aliphatic carbocycles. The van der Waals surface area contributed by atoms with Crippen molar-refractivity contribution in [3.63, 3.8) is 0 Å². The van der Waals surface area contributed by atoms with Gasteiger partial charge in [-0.15, -0.1) is 0 Å². The van der Waals surface area contributed by atoms with Crippen molar-refractivity contribution in [1.82, 2.24) is 0 Å². The van der Waals surface area contributed by atoms with Gasteiger partial charge in [0, 0.05) is 4.91 Å². The lowest BCUT2D eigenvalue weighted by molar-refractivity contribution is -0.00557. The number of nitrogens with zero attached hydrogens (tertiary/aromatic N) is 3. The molecule has 1 N–H and O–H groups in total. The van der Waals surface area contributed by atoms with Crippen LogP contribution >= 0.6 is 0 Å². The molecule has 0 unspecified atom stereocenters. The Hall–Kier alpha value is -1.19. The molecular weight excluding hydrogens is 158 g/mol. The Morgan fingerprint density at radius 1 is 1.75 bits per heavy atom. The Labute approximate surface area is 70.3 Å². The van der Waals surface area contributed by atoms with Crippen LogP contribution in [0.5, 0.6) is 0 Å². The Kier molecular flexibility index (Phi) is 2.26. The molecule has 3 atom stereocenters. The van der Waals surface area contributed by atoms with E-state index in [1.54, 1.807) is 13.8 Å². The van der Waals surface area contributed by atoms with Crippen LogP contribution in [0.3, 0.4) is 0 Å². The summed E-state index contributed by atoms with van der Waals surface area (Å²) in [6.07, 6.45) is 2.61. The molecule has 5 nitrogen and oxygen atoms in total. The highest BCUT2D eigenvalue weighted by Gasteiger charge is 2.36. The fourth-order valence-electron chi connectivity index (χ4n) is 1.22. The fourth-order valence-corrected chi connectivity index (χ4v) is 1.22. The average molecular weight is 169 g/mol. The standard InChI is InChI=1S/C7H11N3O2/c1-5-6(9-10-8)7(2,11)3-4-12-5/h3-6,11H,1-2H3/t5-,6-,7-/m1/s1. The van der Waals surface area contributed by atoms with Crippen molar-refractivity contribution in [2.45, 2.75) is 31.6 Å². The van der Waals surface area contributed by atoms with Gasteiger partial charge >= 0.3 is 0 Å². The SMILES string of the molecule is C[C@H]1OC=C[C@@](C)(O)[C@@H]1N=[N+]=[N-]. The molecule has 0 saturated heterocycles. The number of hydrogen-bond donors (Lipinski definition) is 1. The summed E-state index contributed by atoms with van der Waals surface area (Å²) in [5.74, 6) is 0. The second-order valence-electron chi connectivity index (χ2n) is 3.02. The van der Waals surface area contributed by atoms with Crippen LogP contribution in [0.4, 0.5) is 0 Å². The smallest absolute Gasteiger partial charge is 0.107 e. The minimum absolute atomic E-state index is 0.291. The van der Waals surface area contributed by atoms with Gasteiger partial charge in [-0.25, -0.2) is 0 Å². The van der Waals surface area contributed by atoms with Crippen molar-refractivity contribution in [2.75, 3.05) is 0 Å². The molecule has 0 aromatic rings. The molecule has 66 valence electrons. The van der Waals surface area contributed by atoms with E-state index in [4.69, 9.17) is 10.3 Å². The summed E-state index contributed by atoms with van der Waals surface area (Å²) in [5, 5.41) is 13.2. The van der Waals surface area contributed by atoms with E-state index in [9.17, 15) is 5.11 Å². The van der Waals surface area contributed by atoms with Crippen molar-refractivity contribution in [3.05, 3.63) is 22.8 Å². The van der Waals surface area contributed by atoms with E-state index in [0.29, 0.717) is 0 Å². The number of aliphatic hydroxyl groups is 1. The van der Waals surface area contributed by atoms with Gasteiger partial charge in [0.1, 0.15) is 12.1 Å². The highest BCUT2D eigenvalue weighted by molar-refractivity contribution is 5.08. The largest absolute Gasteiger partial charge is 0.498 e. The lowest BCUT2D eigenvalue weighted by atomic mass is 9.92. The molecule has 1 heterocycles.